The predicted octanol–water partition coefficient (Wildman–Crippen LogP) is 0.144. The van der Waals surface area contributed by atoms with E-state index in [2.05, 4.69) is 18.8 Å². The number of β-amino-alcohol motifs (C(OH)–C–C–N with tert-alkyl or cyclic N) is 1. The lowest BCUT2D eigenvalue weighted by molar-refractivity contribution is -0.142. The highest BCUT2D eigenvalue weighted by atomic mass is 16.3. The van der Waals surface area contributed by atoms with Crippen LogP contribution in [0.15, 0.2) is 18.7 Å². The molecular formula is C13H22N4O2. The number of aryl methyl sites for hydroxylation is 1. The molecule has 0 aliphatic carbocycles. The van der Waals surface area contributed by atoms with Crippen molar-refractivity contribution in [2.75, 3.05) is 19.6 Å². The normalized spacial score (nSPS) is 21.1. The Bertz CT molecular complexity index is 405. The standard InChI is InChI=1S/C13H22N4O2/c1-11(2)17-8-7-16(9-13(17)19)12(18)3-5-15-6-4-14-10-15/h4,6,10-11,13,19H,3,5,7-9H2,1-2H3. The zero-order valence-corrected chi connectivity index (χ0v) is 11.6. The second kappa shape index (κ2) is 6.16. The molecule has 0 aromatic carbocycles. The summed E-state index contributed by atoms with van der Waals surface area (Å²) in [4.78, 5) is 19.8. The molecule has 1 saturated heterocycles. The van der Waals surface area contributed by atoms with Gasteiger partial charge in [0.1, 0.15) is 6.23 Å². The van der Waals surface area contributed by atoms with Crippen LogP contribution in [-0.4, -0.2) is 62.3 Å². The van der Waals surface area contributed by atoms with Crippen molar-refractivity contribution < 1.29 is 9.90 Å². The number of aliphatic hydroxyl groups is 1. The number of piperazine rings is 1. The van der Waals surface area contributed by atoms with Crippen molar-refractivity contribution in [2.24, 2.45) is 0 Å². The van der Waals surface area contributed by atoms with E-state index >= 15 is 0 Å². The third-order valence-electron chi connectivity index (χ3n) is 3.55. The van der Waals surface area contributed by atoms with Crippen LogP contribution in [0.1, 0.15) is 20.3 Å². The highest BCUT2D eigenvalue weighted by molar-refractivity contribution is 5.76. The first-order chi connectivity index (χ1) is 9.08. The monoisotopic (exact) mass is 266 g/mol. The van der Waals surface area contributed by atoms with E-state index in [1.54, 1.807) is 17.4 Å². The Labute approximate surface area is 113 Å². The molecule has 1 unspecified atom stereocenters. The van der Waals surface area contributed by atoms with Gasteiger partial charge in [0.25, 0.3) is 0 Å². The van der Waals surface area contributed by atoms with E-state index in [9.17, 15) is 9.90 Å². The number of nitrogens with zero attached hydrogens (tertiary/aromatic N) is 4. The molecule has 2 rings (SSSR count). The van der Waals surface area contributed by atoms with Crippen molar-refractivity contribution >= 4 is 5.91 Å². The topological polar surface area (TPSA) is 61.6 Å². The van der Waals surface area contributed by atoms with E-state index in [4.69, 9.17) is 0 Å². The zero-order valence-electron chi connectivity index (χ0n) is 11.6. The average Bonchev–Trinajstić information content (AvgIpc) is 2.88. The first-order valence-corrected chi connectivity index (χ1v) is 6.75. The van der Waals surface area contributed by atoms with Crippen molar-refractivity contribution in [1.82, 2.24) is 19.4 Å². The van der Waals surface area contributed by atoms with Crippen LogP contribution in [0.5, 0.6) is 0 Å². The third-order valence-corrected chi connectivity index (χ3v) is 3.55. The van der Waals surface area contributed by atoms with Gasteiger partial charge >= 0.3 is 0 Å². The molecular weight excluding hydrogens is 244 g/mol. The second-order valence-corrected chi connectivity index (χ2v) is 5.20. The molecule has 0 radical (unpaired) electrons. The van der Waals surface area contributed by atoms with E-state index in [0.717, 1.165) is 6.54 Å². The SMILES string of the molecule is CC(C)N1CCN(C(=O)CCn2ccnc2)CC1O. The summed E-state index contributed by atoms with van der Waals surface area (Å²) in [7, 11) is 0. The molecule has 1 amide bonds. The summed E-state index contributed by atoms with van der Waals surface area (Å²) in [5, 5.41) is 10.0. The summed E-state index contributed by atoms with van der Waals surface area (Å²) in [5.41, 5.74) is 0. The number of aromatic nitrogens is 2. The minimum Gasteiger partial charge on any atom is -0.376 e. The number of carbonyl (C=O) groups is 1. The Morgan fingerprint density at radius 2 is 2.26 bits per heavy atom. The van der Waals surface area contributed by atoms with Gasteiger partial charge in [0.05, 0.1) is 12.9 Å². The predicted molar refractivity (Wildman–Crippen MR) is 71.3 cm³/mol. The van der Waals surface area contributed by atoms with E-state index < -0.39 is 6.23 Å². The van der Waals surface area contributed by atoms with Gasteiger partial charge in [-0.05, 0) is 13.8 Å². The van der Waals surface area contributed by atoms with Gasteiger partial charge in [0.15, 0.2) is 0 Å². The molecule has 19 heavy (non-hydrogen) atoms. The van der Waals surface area contributed by atoms with Gasteiger partial charge in [0.2, 0.25) is 5.91 Å². The molecule has 0 bridgehead atoms. The van der Waals surface area contributed by atoms with Gasteiger partial charge in [-0.15, -0.1) is 0 Å². The Morgan fingerprint density at radius 3 is 2.84 bits per heavy atom. The Morgan fingerprint density at radius 1 is 1.47 bits per heavy atom. The molecule has 1 atom stereocenters. The van der Waals surface area contributed by atoms with Gasteiger partial charge in [0, 0.05) is 44.5 Å². The number of carbonyl (C=O) groups excluding carboxylic acids is 1. The van der Waals surface area contributed by atoms with Crippen LogP contribution in [0, 0.1) is 0 Å². The minimum atomic E-state index is -0.550. The number of rotatable bonds is 4. The van der Waals surface area contributed by atoms with Crippen LogP contribution >= 0.6 is 0 Å². The van der Waals surface area contributed by atoms with Gasteiger partial charge in [-0.1, -0.05) is 0 Å². The summed E-state index contributed by atoms with van der Waals surface area (Å²) in [6.07, 6.45) is 5.16. The van der Waals surface area contributed by atoms with E-state index in [-0.39, 0.29) is 5.91 Å². The molecule has 106 valence electrons. The van der Waals surface area contributed by atoms with Crippen LogP contribution < -0.4 is 0 Å². The van der Waals surface area contributed by atoms with Gasteiger partial charge in [-0.3, -0.25) is 9.69 Å². The quantitative estimate of drug-likeness (QED) is 0.842. The van der Waals surface area contributed by atoms with Crippen LogP contribution in [0.3, 0.4) is 0 Å². The molecule has 1 aromatic rings. The van der Waals surface area contributed by atoms with E-state index in [0.29, 0.717) is 32.1 Å². The lowest BCUT2D eigenvalue weighted by atomic mass is 10.2. The first-order valence-electron chi connectivity index (χ1n) is 6.75. The maximum atomic E-state index is 12.1. The summed E-state index contributed by atoms with van der Waals surface area (Å²) >= 11 is 0. The number of imidazole rings is 1. The Kier molecular flexibility index (Phi) is 4.55. The largest absolute Gasteiger partial charge is 0.376 e. The molecule has 6 nitrogen and oxygen atoms in total. The van der Waals surface area contributed by atoms with Gasteiger partial charge in [-0.25, -0.2) is 4.98 Å². The van der Waals surface area contributed by atoms with Gasteiger partial charge in [-0.2, -0.15) is 0 Å². The maximum absolute atomic E-state index is 12.1. The van der Waals surface area contributed by atoms with Crippen LogP contribution in [0.4, 0.5) is 0 Å². The first kappa shape index (κ1) is 14.0. The van der Waals surface area contributed by atoms with Crippen molar-refractivity contribution in [3.63, 3.8) is 0 Å². The fourth-order valence-electron chi connectivity index (χ4n) is 2.41. The Balaban J connectivity index is 1.81. The van der Waals surface area contributed by atoms with E-state index in [1.807, 2.05) is 15.7 Å². The summed E-state index contributed by atoms with van der Waals surface area (Å²) in [6, 6.07) is 0.304. The molecule has 0 spiro atoms. The molecule has 1 N–H and O–H groups in total. The minimum absolute atomic E-state index is 0.0937. The number of amides is 1. The smallest absolute Gasteiger partial charge is 0.224 e. The third kappa shape index (κ3) is 3.54. The fourth-order valence-corrected chi connectivity index (χ4v) is 2.41. The average molecular weight is 266 g/mol. The summed E-state index contributed by atoms with van der Waals surface area (Å²) in [5.74, 6) is 0.0937. The van der Waals surface area contributed by atoms with Crippen molar-refractivity contribution in [3.8, 4) is 0 Å². The zero-order chi connectivity index (χ0) is 13.8. The van der Waals surface area contributed by atoms with Crippen LogP contribution in [-0.2, 0) is 11.3 Å². The van der Waals surface area contributed by atoms with Crippen molar-refractivity contribution in [1.29, 1.82) is 0 Å². The molecule has 1 aliphatic rings. The lowest BCUT2D eigenvalue weighted by Crippen LogP contribution is -2.56. The highest BCUT2D eigenvalue weighted by Crippen LogP contribution is 2.12. The molecule has 1 aliphatic heterocycles. The highest BCUT2D eigenvalue weighted by Gasteiger charge is 2.28. The summed E-state index contributed by atoms with van der Waals surface area (Å²) < 4.78 is 1.89. The number of hydrogen-bond donors (Lipinski definition) is 1. The van der Waals surface area contributed by atoms with E-state index in [1.165, 1.54) is 0 Å². The number of hydrogen-bond acceptors (Lipinski definition) is 4. The lowest BCUT2D eigenvalue weighted by Gasteiger charge is -2.40. The Hall–Kier alpha value is -1.40. The molecule has 0 saturated carbocycles. The van der Waals surface area contributed by atoms with Crippen molar-refractivity contribution in [2.45, 2.75) is 39.1 Å². The maximum Gasteiger partial charge on any atom is 0.224 e. The molecule has 6 heteroatoms. The molecule has 2 heterocycles. The van der Waals surface area contributed by atoms with Crippen LogP contribution in [0.25, 0.3) is 0 Å². The molecule has 1 fully saturated rings. The van der Waals surface area contributed by atoms with Crippen molar-refractivity contribution in [3.05, 3.63) is 18.7 Å². The molecule has 1 aromatic heterocycles. The summed E-state index contributed by atoms with van der Waals surface area (Å²) in [6.45, 7) is 6.58. The van der Waals surface area contributed by atoms with Gasteiger partial charge < -0.3 is 14.6 Å². The second-order valence-electron chi connectivity index (χ2n) is 5.20. The van der Waals surface area contributed by atoms with Crippen LogP contribution in [0.2, 0.25) is 0 Å². The fraction of sp³-hybridized carbons (Fsp3) is 0.692. The number of aliphatic hydroxyl groups excluding tert-OH is 1.